The first kappa shape index (κ1) is 10.1. The molecule has 0 radical (unpaired) electrons. The van der Waals surface area contributed by atoms with Gasteiger partial charge in [0, 0.05) is 0 Å². The molecule has 0 atom stereocenters. The SMILES string of the molecule is NBC1CCCCCCCCC1. The van der Waals surface area contributed by atoms with E-state index < -0.39 is 0 Å². The largest absolute Gasteiger partial charge is 0.373 e. The summed E-state index contributed by atoms with van der Waals surface area (Å²) in [5.74, 6) is 0.836. The first-order valence-electron chi connectivity index (χ1n) is 5.63. The van der Waals surface area contributed by atoms with Gasteiger partial charge in [0.05, 0.1) is 0 Å². The van der Waals surface area contributed by atoms with Crippen LogP contribution in [0.15, 0.2) is 0 Å². The maximum absolute atomic E-state index is 5.71. The summed E-state index contributed by atoms with van der Waals surface area (Å²) in [4.78, 5) is 0. The van der Waals surface area contributed by atoms with Gasteiger partial charge in [0.15, 0.2) is 0 Å². The summed E-state index contributed by atoms with van der Waals surface area (Å²) in [6, 6.07) is 0. The van der Waals surface area contributed by atoms with Crippen molar-refractivity contribution in [3.05, 3.63) is 0 Å². The van der Waals surface area contributed by atoms with Gasteiger partial charge in [-0.25, -0.2) is 0 Å². The zero-order chi connectivity index (χ0) is 8.65. The second-order valence-electron chi connectivity index (χ2n) is 4.15. The van der Waals surface area contributed by atoms with E-state index in [9.17, 15) is 0 Å². The lowest BCUT2D eigenvalue weighted by atomic mass is 9.70. The van der Waals surface area contributed by atoms with E-state index in [2.05, 4.69) is 0 Å². The van der Waals surface area contributed by atoms with E-state index in [0.29, 0.717) is 0 Å². The number of nitrogens with two attached hydrogens (primary N) is 1. The van der Waals surface area contributed by atoms with Gasteiger partial charge in [-0.2, -0.15) is 0 Å². The van der Waals surface area contributed by atoms with Crippen LogP contribution in [0.1, 0.15) is 57.8 Å². The van der Waals surface area contributed by atoms with E-state index in [4.69, 9.17) is 5.64 Å². The Morgan fingerprint density at radius 3 is 1.58 bits per heavy atom. The minimum Gasteiger partial charge on any atom is -0.373 e. The molecule has 0 saturated heterocycles. The van der Waals surface area contributed by atoms with E-state index in [1.54, 1.807) is 0 Å². The van der Waals surface area contributed by atoms with Crippen LogP contribution in [0.5, 0.6) is 0 Å². The van der Waals surface area contributed by atoms with Gasteiger partial charge in [0.1, 0.15) is 0 Å². The minimum absolute atomic E-state index is 0.836. The van der Waals surface area contributed by atoms with Crippen molar-refractivity contribution in [2.24, 2.45) is 5.64 Å². The Morgan fingerprint density at radius 1 is 0.750 bits per heavy atom. The van der Waals surface area contributed by atoms with Crippen LogP contribution in [0.2, 0.25) is 5.82 Å². The Kier molecular flexibility index (Phi) is 5.50. The lowest BCUT2D eigenvalue weighted by Gasteiger charge is -2.15. The van der Waals surface area contributed by atoms with Crippen LogP contribution >= 0.6 is 0 Å². The zero-order valence-electron chi connectivity index (χ0n) is 8.23. The predicted octanol–water partition coefficient (Wildman–Crippen LogP) is 2.61. The molecular formula is C10H22BN. The van der Waals surface area contributed by atoms with Crippen LogP contribution in [0.25, 0.3) is 0 Å². The van der Waals surface area contributed by atoms with Gasteiger partial charge in [-0.15, -0.1) is 0 Å². The van der Waals surface area contributed by atoms with Gasteiger partial charge >= 0.3 is 0 Å². The second kappa shape index (κ2) is 6.53. The number of hydrogen-bond acceptors (Lipinski definition) is 1. The Morgan fingerprint density at radius 2 is 1.17 bits per heavy atom. The quantitative estimate of drug-likeness (QED) is 0.597. The van der Waals surface area contributed by atoms with Crippen LogP contribution < -0.4 is 5.64 Å². The summed E-state index contributed by atoms with van der Waals surface area (Å²) in [5, 5.41) is 0. The smallest absolute Gasteiger partial charge is 0.201 e. The molecule has 1 rings (SSSR count). The van der Waals surface area contributed by atoms with Crippen molar-refractivity contribution in [2.75, 3.05) is 0 Å². The molecule has 12 heavy (non-hydrogen) atoms. The molecule has 1 saturated carbocycles. The molecule has 0 spiro atoms. The normalized spacial score (nSPS) is 23.4. The Hall–Kier alpha value is 0.0249. The van der Waals surface area contributed by atoms with Crippen LogP contribution in [-0.4, -0.2) is 7.41 Å². The fraction of sp³-hybridized carbons (Fsp3) is 1.00. The third-order valence-corrected chi connectivity index (χ3v) is 3.06. The van der Waals surface area contributed by atoms with Gasteiger partial charge in [-0.1, -0.05) is 63.6 Å². The molecule has 0 bridgehead atoms. The molecule has 0 amide bonds. The maximum atomic E-state index is 5.71. The molecular weight excluding hydrogens is 145 g/mol. The lowest BCUT2D eigenvalue weighted by Crippen LogP contribution is -2.14. The van der Waals surface area contributed by atoms with Crippen molar-refractivity contribution in [2.45, 2.75) is 63.6 Å². The summed E-state index contributed by atoms with van der Waals surface area (Å²) < 4.78 is 0. The standard InChI is InChI=1S/C10H22BN/c12-11-10-8-6-4-2-1-3-5-7-9-10/h10-11H,1-9,12H2. The van der Waals surface area contributed by atoms with Crippen molar-refractivity contribution < 1.29 is 0 Å². The molecule has 0 aliphatic heterocycles. The fourth-order valence-corrected chi connectivity index (χ4v) is 2.13. The summed E-state index contributed by atoms with van der Waals surface area (Å²) in [6.45, 7) is 0. The van der Waals surface area contributed by atoms with Gasteiger partial charge < -0.3 is 5.64 Å². The average molecular weight is 167 g/mol. The van der Waals surface area contributed by atoms with Crippen LogP contribution in [0.4, 0.5) is 0 Å². The summed E-state index contributed by atoms with van der Waals surface area (Å²) in [7, 11) is 0.917. The fourth-order valence-electron chi connectivity index (χ4n) is 2.13. The van der Waals surface area contributed by atoms with Crippen LogP contribution in [0, 0.1) is 0 Å². The molecule has 1 aliphatic rings. The van der Waals surface area contributed by atoms with Gasteiger partial charge in [0.25, 0.3) is 0 Å². The zero-order valence-corrected chi connectivity index (χ0v) is 8.23. The molecule has 0 unspecified atom stereocenters. The summed E-state index contributed by atoms with van der Waals surface area (Å²) in [6.07, 6.45) is 12.9. The molecule has 1 aliphatic carbocycles. The van der Waals surface area contributed by atoms with Gasteiger partial charge in [0.2, 0.25) is 7.41 Å². The highest BCUT2D eigenvalue weighted by Gasteiger charge is 2.08. The van der Waals surface area contributed by atoms with E-state index in [1.807, 2.05) is 0 Å². The third kappa shape index (κ3) is 4.15. The molecule has 2 heteroatoms. The number of hydrogen-bond donors (Lipinski definition) is 1. The van der Waals surface area contributed by atoms with Gasteiger partial charge in [-0.05, 0) is 0 Å². The predicted molar refractivity (Wildman–Crippen MR) is 56.6 cm³/mol. The van der Waals surface area contributed by atoms with Crippen molar-refractivity contribution in [3.8, 4) is 0 Å². The molecule has 0 aromatic rings. The van der Waals surface area contributed by atoms with Crippen LogP contribution in [0.3, 0.4) is 0 Å². The Bertz CT molecular complexity index is 96.0. The topological polar surface area (TPSA) is 26.0 Å². The van der Waals surface area contributed by atoms with E-state index in [0.717, 1.165) is 13.2 Å². The van der Waals surface area contributed by atoms with E-state index in [-0.39, 0.29) is 0 Å². The first-order valence-corrected chi connectivity index (χ1v) is 5.63. The second-order valence-corrected chi connectivity index (χ2v) is 4.15. The monoisotopic (exact) mass is 167 g/mol. The summed E-state index contributed by atoms with van der Waals surface area (Å²) in [5.41, 5.74) is 5.71. The molecule has 2 N–H and O–H groups in total. The summed E-state index contributed by atoms with van der Waals surface area (Å²) >= 11 is 0. The first-order chi connectivity index (χ1) is 5.93. The maximum Gasteiger partial charge on any atom is 0.201 e. The lowest BCUT2D eigenvalue weighted by molar-refractivity contribution is 0.502. The molecule has 70 valence electrons. The molecule has 1 fully saturated rings. The number of rotatable bonds is 1. The van der Waals surface area contributed by atoms with Crippen molar-refractivity contribution in [1.29, 1.82) is 0 Å². The molecule has 0 aromatic heterocycles. The molecule has 0 aromatic carbocycles. The highest BCUT2D eigenvalue weighted by Crippen LogP contribution is 2.23. The minimum atomic E-state index is 0.836. The molecule has 1 nitrogen and oxygen atoms in total. The van der Waals surface area contributed by atoms with Gasteiger partial charge in [-0.3, -0.25) is 0 Å². The molecule has 0 heterocycles. The van der Waals surface area contributed by atoms with Crippen molar-refractivity contribution in [1.82, 2.24) is 0 Å². The van der Waals surface area contributed by atoms with E-state index in [1.165, 1.54) is 57.8 Å². The highest BCUT2D eigenvalue weighted by molar-refractivity contribution is 6.33. The average Bonchev–Trinajstić information content (AvgIpc) is 2.14. The Labute approximate surface area is 77.4 Å². The highest BCUT2D eigenvalue weighted by atomic mass is 14.4. The van der Waals surface area contributed by atoms with Crippen LogP contribution in [-0.2, 0) is 0 Å². The van der Waals surface area contributed by atoms with E-state index >= 15 is 0 Å². The van der Waals surface area contributed by atoms with Crippen molar-refractivity contribution in [3.63, 3.8) is 0 Å². The van der Waals surface area contributed by atoms with Crippen molar-refractivity contribution >= 4 is 7.41 Å². The third-order valence-electron chi connectivity index (χ3n) is 3.06. The Balaban J connectivity index is 2.17.